The van der Waals surface area contributed by atoms with Crippen LogP contribution in [-0.2, 0) is 11.3 Å². The van der Waals surface area contributed by atoms with Gasteiger partial charge in [0.05, 0.1) is 6.61 Å². The first-order valence-electron chi connectivity index (χ1n) is 5.70. The highest BCUT2D eigenvalue weighted by Gasteiger charge is 2.07. The molecule has 0 spiro atoms. The molecular weight excluding hydrogens is 252 g/mol. The van der Waals surface area contributed by atoms with Gasteiger partial charge in [-0.3, -0.25) is 4.79 Å². The van der Waals surface area contributed by atoms with Gasteiger partial charge in [-0.15, -0.1) is 12.4 Å². The van der Waals surface area contributed by atoms with E-state index < -0.39 is 0 Å². The summed E-state index contributed by atoms with van der Waals surface area (Å²) in [5.74, 6) is -0.0509. The zero-order chi connectivity index (χ0) is 12.7. The summed E-state index contributed by atoms with van der Waals surface area (Å²) in [6.07, 6.45) is 0. The number of rotatable bonds is 6. The summed E-state index contributed by atoms with van der Waals surface area (Å²) in [5.41, 5.74) is 1.67. The summed E-state index contributed by atoms with van der Waals surface area (Å²) in [5, 5.41) is 5.95. The van der Waals surface area contributed by atoms with Crippen molar-refractivity contribution in [3.05, 3.63) is 35.4 Å². The van der Waals surface area contributed by atoms with E-state index in [9.17, 15) is 4.79 Å². The fourth-order valence-electron chi connectivity index (χ4n) is 1.42. The lowest BCUT2D eigenvalue weighted by molar-refractivity contribution is 0.0950. The molecule has 1 rings (SSSR count). The first kappa shape index (κ1) is 16.9. The fraction of sp³-hybridized carbons (Fsp3) is 0.462. The molecule has 2 N–H and O–H groups in total. The van der Waals surface area contributed by atoms with E-state index in [-0.39, 0.29) is 24.4 Å². The molecule has 18 heavy (non-hydrogen) atoms. The van der Waals surface area contributed by atoms with Crippen LogP contribution in [0.4, 0.5) is 0 Å². The largest absolute Gasteiger partial charge is 0.380 e. The number of ether oxygens (including phenoxy) is 1. The molecule has 0 saturated heterocycles. The van der Waals surface area contributed by atoms with Gasteiger partial charge in [0, 0.05) is 25.3 Å². The predicted molar refractivity (Wildman–Crippen MR) is 75.3 cm³/mol. The van der Waals surface area contributed by atoms with E-state index in [1.54, 1.807) is 13.2 Å². The molecule has 0 aliphatic heterocycles. The summed E-state index contributed by atoms with van der Waals surface area (Å²) in [6, 6.07) is 7.73. The van der Waals surface area contributed by atoms with Crippen molar-refractivity contribution in [2.75, 3.05) is 20.7 Å². The quantitative estimate of drug-likeness (QED) is 0.827. The van der Waals surface area contributed by atoms with Gasteiger partial charge in [-0.2, -0.15) is 0 Å². The van der Waals surface area contributed by atoms with Crippen LogP contribution in [-0.4, -0.2) is 32.7 Å². The summed E-state index contributed by atoms with van der Waals surface area (Å²) in [4.78, 5) is 11.8. The number of halogens is 1. The Morgan fingerprint density at radius 3 is 2.78 bits per heavy atom. The number of hydrogen-bond donors (Lipinski definition) is 2. The van der Waals surface area contributed by atoms with Crippen molar-refractivity contribution in [1.82, 2.24) is 10.6 Å². The second-order valence-electron chi connectivity index (χ2n) is 4.03. The molecular formula is C13H21ClN2O2. The van der Waals surface area contributed by atoms with Crippen LogP contribution >= 0.6 is 12.4 Å². The Hall–Kier alpha value is -1.10. The molecule has 1 aromatic rings. The average Bonchev–Trinajstić information content (AvgIpc) is 2.36. The summed E-state index contributed by atoms with van der Waals surface area (Å²) >= 11 is 0. The van der Waals surface area contributed by atoms with Crippen molar-refractivity contribution in [3.63, 3.8) is 0 Å². The Morgan fingerprint density at radius 1 is 1.44 bits per heavy atom. The van der Waals surface area contributed by atoms with Crippen LogP contribution in [0.2, 0.25) is 0 Å². The second-order valence-corrected chi connectivity index (χ2v) is 4.03. The number of hydrogen-bond acceptors (Lipinski definition) is 3. The Bertz CT molecular complexity index is 372. The van der Waals surface area contributed by atoms with Gasteiger partial charge >= 0.3 is 0 Å². The SMILES string of the molecule is CNC(C)CNC(=O)c1cccc(COC)c1.Cl. The first-order chi connectivity index (χ1) is 8.17. The van der Waals surface area contributed by atoms with E-state index in [1.165, 1.54) is 0 Å². The van der Waals surface area contributed by atoms with Gasteiger partial charge in [0.2, 0.25) is 0 Å². The molecule has 102 valence electrons. The van der Waals surface area contributed by atoms with Crippen molar-refractivity contribution in [1.29, 1.82) is 0 Å². The molecule has 0 heterocycles. The van der Waals surface area contributed by atoms with Gasteiger partial charge in [0.1, 0.15) is 0 Å². The van der Waals surface area contributed by atoms with Crippen LogP contribution in [0.1, 0.15) is 22.8 Å². The van der Waals surface area contributed by atoms with Crippen molar-refractivity contribution in [3.8, 4) is 0 Å². The number of carbonyl (C=O) groups is 1. The Labute approximate surface area is 115 Å². The molecule has 1 aromatic carbocycles. The van der Waals surface area contributed by atoms with E-state index in [4.69, 9.17) is 4.74 Å². The third-order valence-corrected chi connectivity index (χ3v) is 2.56. The van der Waals surface area contributed by atoms with Gasteiger partial charge in [-0.1, -0.05) is 12.1 Å². The zero-order valence-electron chi connectivity index (χ0n) is 11.0. The van der Waals surface area contributed by atoms with Crippen molar-refractivity contribution >= 4 is 18.3 Å². The lowest BCUT2D eigenvalue weighted by Crippen LogP contribution is -2.37. The number of nitrogens with one attached hydrogen (secondary N) is 2. The molecule has 0 aliphatic carbocycles. The maximum absolute atomic E-state index is 11.8. The molecule has 0 fully saturated rings. The number of benzene rings is 1. The van der Waals surface area contributed by atoms with Crippen LogP contribution < -0.4 is 10.6 Å². The Kier molecular flexibility index (Phi) is 8.37. The lowest BCUT2D eigenvalue weighted by atomic mass is 10.1. The summed E-state index contributed by atoms with van der Waals surface area (Å²) < 4.78 is 5.04. The van der Waals surface area contributed by atoms with E-state index in [0.29, 0.717) is 18.7 Å². The summed E-state index contributed by atoms with van der Waals surface area (Å²) in [6.45, 7) is 3.15. The minimum atomic E-state index is -0.0509. The van der Waals surface area contributed by atoms with Gasteiger partial charge in [0.15, 0.2) is 0 Å². The van der Waals surface area contributed by atoms with Gasteiger partial charge in [0.25, 0.3) is 5.91 Å². The van der Waals surface area contributed by atoms with E-state index in [2.05, 4.69) is 10.6 Å². The minimum absolute atomic E-state index is 0. The Morgan fingerprint density at radius 2 is 2.17 bits per heavy atom. The molecule has 1 unspecified atom stereocenters. The maximum Gasteiger partial charge on any atom is 0.251 e. The standard InChI is InChI=1S/C13H20N2O2.ClH/c1-10(14-2)8-15-13(16)12-6-4-5-11(7-12)9-17-3;/h4-7,10,14H,8-9H2,1-3H3,(H,15,16);1H. The highest BCUT2D eigenvalue weighted by Crippen LogP contribution is 2.06. The van der Waals surface area contributed by atoms with Gasteiger partial charge in [-0.25, -0.2) is 0 Å². The number of likely N-dealkylation sites (N-methyl/N-ethyl adjacent to an activating group) is 1. The van der Waals surface area contributed by atoms with Crippen molar-refractivity contribution in [2.24, 2.45) is 0 Å². The van der Waals surface area contributed by atoms with Crippen molar-refractivity contribution < 1.29 is 9.53 Å². The van der Waals surface area contributed by atoms with Gasteiger partial charge in [-0.05, 0) is 31.7 Å². The van der Waals surface area contributed by atoms with E-state index >= 15 is 0 Å². The van der Waals surface area contributed by atoms with Crippen molar-refractivity contribution in [2.45, 2.75) is 19.6 Å². The highest BCUT2D eigenvalue weighted by atomic mass is 35.5. The molecule has 0 saturated carbocycles. The number of amides is 1. The topological polar surface area (TPSA) is 50.4 Å². The number of carbonyl (C=O) groups excluding carboxylic acids is 1. The summed E-state index contributed by atoms with van der Waals surface area (Å²) in [7, 11) is 3.51. The average molecular weight is 273 g/mol. The van der Waals surface area contributed by atoms with Crippen LogP contribution in [0, 0.1) is 0 Å². The molecule has 0 aromatic heterocycles. The molecule has 4 nitrogen and oxygen atoms in total. The normalized spacial score (nSPS) is 11.5. The molecule has 0 radical (unpaired) electrons. The fourth-order valence-corrected chi connectivity index (χ4v) is 1.42. The van der Waals surface area contributed by atoms with Crippen LogP contribution in [0.25, 0.3) is 0 Å². The molecule has 1 amide bonds. The lowest BCUT2D eigenvalue weighted by Gasteiger charge is -2.11. The van der Waals surface area contributed by atoms with Gasteiger partial charge < -0.3 is 15.4 Å². The smallest absolute Gasteiger partial charge is 0.251 e. The van der Waals surface area contributed by atoms with E-state index in [0.717, 1.165) is 5.56 Å². The predicted octanol–water partition coefficient (Wildman–Crippen LogP) is 1.59. The molecule has 0 aliphatic rings. The van der Waals surface area contributed by atoms with E-state index in [1.807, 2.05) is 32.2 Å². The maximum atomic E-state index is 11.8. The van der Waals surface area contributed by atoms with Crippen LogP contribution in [0.5, 0.6) is 0 Å². The molecule has 0 bridgehead atoms. The third-order valence-electron chi connectivity index (χ3n) is 2.56. The highest BCUT2D eigenvalue weighted by molar-refractivity contribution is 5.94. The molecule has 1 atom stereocenters. The molecule has 5 heteroatoms. The van der Waals surface area contributed by atoms with Crippen LogP contribution in [0.15, 0.2) is 24.3 Å². The third kappa shape index (κ3) is 5.49. The first-order valence-corrected chi connectivity index (χ1v) is 5.70. The zero-order valence-corrected chi connectivity index (χ0v) is 11.8. The Balaban J connectivity index is 0.00000289. The number of methoxy groups -OCH3 is 1. The van der Waals surface area contributed by atoms with Crippen LogP contribution in [0.3, 0.4) is 0 Å². The minimum Gasteiger partial charge on any atom is -0.380 e. The monoisotopic (exact) mass is 272 g/mol. The second kappa shape index (κ2) is 8.91.